The Bertz CT molecular complexity index is 672. The van der Waals surface area contributed by atoms with Crippen LogP contribution in [0, 0.1) is 0 Å². The molecule has 0 rings (SSSR count). The van der Waals surface area contributed by atoms with Gasteiger partial charge in [0.1, 0.15) is 0 Å². The number of nitrogens with one attached hydrogen (secondary N) is 1. The van der Waals surface area contributed by atoms with E-state index in [2.05, 4.69) is 43.5 Å². The van der Waals surface area contributed by atoms with E-state index in [4.69, 9.17) is 0 Å². The highest BCUT2D eigenvalue weighted by Crippen LogP contribution is 2.13. The fourth-order valence-corrected chi connectivity index (χ4v) is 5.60. The third-order valence-electron chi connectivity index (χ3n) is 8.60. The zero-order chi connectivity index (χ0) is 32.2. The molecule has 1 amide bonds. The van der Waals surface area contributed by atoms with E-state index in [1.54, 1.807) is 6.08 Å². The zero-order valence-electron chi connectivity index (χ0n) is 29.4. The van der Waals surface area contributed by atoms with Crippen LogP contribution in [0.2, 0.25) is 0 Å². The van der Waals surface area contributed by atoms with Crippen molar-refractivity contribution in [3.8, 4) is 0 Å². The summed E-state index contributed by atoms with van der Waals surface area (Å²) in [6, 6.07) is -0.638. The minimum atomic E-state index is -0.861. The molecule has 0 fully saturated rings. The molecule has 0 heterocycles. The number of amides is 1. The van der Waals surface area contributed by atoms with Crippen LogP contribution in [0.5, 0.6) is 0 Å². The summed E-state index contributed by atoms with van der Waals surface area (Å²) >= 11 is 0. The van der Waals surface area contributed by atoms with Crippen LogP contribution in [0.15, 0.2) is 36.5 Å². The second kappa shape index (κ2) is 36.1. The van der Waals surface area contributed by atoms with Crippen molar-refractivity contribution < 1.29 is 15.0 Å². The van der Waals surface area contributed by atoms with Crippen molar-refractivity contribution in [2.75, 3.05) is 6.61 Å². The molecule has 0 aliphatic carbocycles. The SMILES string of the molecule is CCCCCCCC/C=C\CCCCCCCCCC(=O)NC(CO)C(O)/C=C/CC/C=C/CCCCCCCCCCC. The van der Waals surface area contributed by atoms with Crippen LogP contribution in [-0.2, 0) is 4.79 Å². The lowest BCUT2D eigenvalue weighted by atomic mass is 10.1. The maximum atomic E-state index is 12.3. The van der Waals surface area contributed by atoms with Crippen LogP contribution < -0.4 is 5.32 Å². The van der Waals surface area contributed by atoms with E-state index in [0.717, 1.165) is 32.1 Å². The van der Waals surface area contributed by atoms with Crippen molar-refractivity contribution in [1.82, 2.24) is 5.32 Å². The Balaban J connectivity index is 3.66. The van der Waals surface area contributed by atoms with Gasteiger partial charge in [-0.1, -0.05) is 166 Å². The third kappa shape index (κ3) is 32.0. The van der Waals surface area contributed by atoms with E-state index in [1.807, 2.05) is 6.08 Å². The zero-order valence-corrected chi connectivity index (χ0v) is 29.4. The normalized spacial score (nSPS) is 13.5. The molecule has 0 aliphatic rings. The molecule has 4 nitrogen and oxygen atoms in total. The van der Waals surface area contributed by atoms with Crippen molar-refractivity contribution in [3.63, 3.8) is 0 Å². The predicted molar refractivity (Wildman–Crippen MR) is 193 cm³/mol. The number of rotatable bonds is 34. The number of hydrogen-bond acceptors (Lipinski definition) is 3. The first-order chi connectivity index (χ1) is 21.7. The van der Waals surface area contributed by atoms with E-state index in [1.165, 1.54) is 141 Å². The molecule has 258 valence electrons. The average Bonchev–Trinajstić information content (AvgIpc) is 3.03. The fourth-order valence-electron chi connectivity index (χ4n) is 5.60. The lowest BCUT2D eigenvalue weighted by Gasteiger charge is -2.19. The number of carbonyl (C=O) groups is 1. The van der Waals surface area contributed by atoms with Gasteiger partial charge in [0.15, 0.2) is 0 Å². The summed E-state index contributed by atoms with van der Waals surface area (Å²) in [5.74, 6) is -0.0799. The fraction of sp³-hybridized carbons (Fsp3) is 0.825. The van der Waals surface area contributed by atoms with Crippen LogP contribution in [0.4, 0.5) is 0 Å². The van der Waals surface area contributed by atoms with Gasteiger partial charge in [0.05, 0.1) is 18.8 Å². The van der Waals surface area contributed by atoms with Crippen molar-refractivity contribution in [3.05, 3.63) is 36.5 Å². The molecule has 0 aromatic rings. The quantitative estimate of drug-likeness (QED) is 0.0497. The van der Waals surface area contributed by atoms with Gasteiger partial charge in [-0.2, -0.15) is 0 Å². The molecule has 4 heteroatoms. The van der Waals surface area contributed by atoms with Crippen LogP contribution in [0.3, 0.4) is 0 Å². The largest absolute Gasteiger partial charge is 0.394 e. The Morgan fingerprint density at radius 1 is 0.523 bits per heavy atom. The molecule has 0 saturated carbocycles. The van der Waals surface area contributed by atoms with Gasteiger partial charge >= 0.3 is 0 Å². The second-order valence-electron chi connectivity index (χ2n) is 13.0. The molecule has 0 bridgehead atoms. The summed E-state index contributed by atoms with van der Waals surface area (Å²) in [6.45, 7) is 4.28. The summed E-state index contributed by atoms with van der Waals surface area (Å²) in [5, 5.41) is 22.9. The summed E-state index contributed by atoms with van der Waals surface area (Å²) in [5.41, 5.74) is 0. The molecule has 0 spiro atoms. The minimum Gasteiger partial charge on any atom is -0.394 e. The molecule has 3 N–H and O–H groups in total. The van der Waals surface area contributed by atoms with Gasteiger partial charge in [-0.3, -0.25) is 4.79 Å². The Kier molecular flexibility index (Phi) is 34.9. The highest BCUT2D eigenvalue weighted by molar-refractivity contribution is 5.76. The van der Waals surface area contributed by atoms with Gasteiger partial charge in [0, 0.05) is 6.42 Å². The molecule has 2 unspecified atom stereocenters. The number of carbonyl (C=O) groups excluding carboxylic acids is 1. The average molecular weight is 618 g/mol. The Morgan fingerprint density at radius 2 is 0.886 bits per heavy atom. The minimum absolute atomic E-state index is 0.0799. The maximum absolute atomic E-state index is 12.3. The van der Waals surface area contributed by atoms with Crippen molar-refractivity contribution in [1.29, 1.82) is 0 Å². The lowest BCUT2D eigenvalue weighted by molar-refractivity contribution is -0.123. The summed E-state index contributed by atoms with van der Waals surface area (Å²) < 4.78 is 0. The number of hydrogen-bond donors (Lipinski definition) is 3. The predicted octanol–water partition coefficient (Wildman–Crippen LogP) is 11.5. The standard InChI is InChI=1S/C40H75NO3/c1-3-5-7-9-11-13-15-17-19-20-22-24-26-28-30-32-34-36-40(44)41-38(37-42)39(43)35-33-31-29-27-25-23-21-18-16-14-12-10-8-6-4-2/h17,19,25,27,33,35,38-39,42-43H,3-16,18,20-24,26,28-32,34,36-37H2,1-2H3,(H,41,44)/b19-17-,27-25+,35-33+. The van der Waals surface area contributed by atoms with Gasteiger partial charge < -0.3 is 15.5 Å². The van der Waals surface area contributed by atoms with Gasteiger partial charge in [0.2, 0.25) is 5.91 Å². The van der Waals surface area contributed by atoms with Crippen molar-refractivity contribution in [2.24, 2.45) is 0 Å². The third-order valence-corrected chi connectivity index (χ3v) is 8.60. The van der Waals surface area contributed by atoms with E-state index in [0.29, 0.717) is 6.42 Å². The molecular formula is C40H75NO3. The van der Waals surface area contributed by atoms with E-state index in [-0.39, 0.29) is 12.5 Å². The first-order valence-electron chi connectivity index (χ1n) is 19.2. The number of aliphatic hydroxyl groups is 2. The monoisotopic (exact) mass is 618 g/mol. The first-order valence-corrected chi connectivity index (χ1v) is 19.2. The van der Waals surface area contributed by atoms with E-state index >= 15 is 0 Å². The number of aliphatic hydroxyl groups excluding tert-OH is 2. The summed E-state index contributed by atoms with van der Waals surface area (Å²) in [6.07, 6.45) is 46.6. The molecule has 0 aliphatic heterocycles. The molecule has 0 radical (unpaired) electrons. The van der Waals surface area contributed by atoms with Crippen LogP contribution in [0.1, 0.15) is 194 Å². The van der Waals surface area contributed by atoms with E-state index < -0.39 is 12.1 Å². The molecule has 2 atom stereocenters. The molecule has 44 heavy (non-hydrogen) atoms. The van der Waals surface area contributed by atoms with Gasteiger partial charge in [-0.05, 0) is 57.8 Å². The summed E-state index contributed by atoms with van der Waals surface area (Å²) in [4.78, 5) is 12.3. The number of allylic oxidation sites excluding steroid dienone is 5. The molecule has 0 saturated heterocycles. The van der Waals surface area contributed by atoms with Crippen LogP contribution >= 0.6 is 0 Å². The second-order valence-corrected chi connectivity index (χ2v) is 13.0. The molecule has 0 aromatic carbocycles. The highest BCUT2D eigenvalue weighted by atomic mass is 16.3. The highest BCUT2D eigenvalue weighted by Gasteiger charge is 2.17. The lowest BCUT2D eigenvalue weighted by Crippen LogP contribution is -2.45. The maximum Gasteiger partial charge on any atom is 0.220 e. The van der Waals surface area contributed by atoms with Gasteiger partial charge in [0.25, 0.3) is 0 Å². The molecular weight excluding hydrogens is 542 g/mol. The Morgan fingerprint density at radius 3 is 1.32 bits per heavy atom. The summed E-state index contributed by atoms with van der Waals surface area (Å²) in [7, 11) is 0. The van der Waals surface area contributed by atoms with Crippen molar-refractivity contribution in [2.45, 2.75) is 206 Å². The number of unbranched alkanes of at least 4 members (excludes halogenated alkanes) is 23. The van der Waals surface area contributed by atoms with Gasteiger partial charge in [-0.15, -0.1) is 0 Å². The Hall–Kier alpha value is -1.39. The first kappa shape index (κ1) is 42.6. The topological polar surface area (TPSA) is 69.6 Å². The van der Waals surface area contributed by atoms with E-state index in [9.17, 15) is 15.0 Å². The van der Waals surface area contributed by atoms with Crippen molar-refractivity contribution >= 4 is 5.91 Å². The van der Waals surface area contributed by atoms with Crippen LogP contribution in [0.25, 0.3) is 0 Å². The molecule has 0 aromatic heterocycles. The Labute approximate surface area is 274 Å². The van der Waals surface area contributed by atoms with Gasteiger partial charge in [-0.25, -0.2) is 0 Å². The smallest absolute Gasteiger partial charge is 0.220 e. The van der Waals surface area contributed by atoms with Crippen LogP contribution in [-0.4, -0.2) is 34.9 Å².